The van der Waals surface area contributed by atoms with Gasteiger partial charge in [-0.15, -0.1) is 0 Å². The second kappa shape index (κ2) is 6.48. The highest BCUT2D eigenvalue weighted by Crippen LogP contribution is 2.41. The molecule has 0 fully saturated rings. The summed E-state index contributed by atoms with van der Waals surface area (Å²) in [6.07, 6.45) is 1.51. The maximum atomic E-state index is 12.7. The van der Waals surface area contributed by atoms with Crippen LogP contribution >= 0.6 is 23.2 Å². The fourth-order valence-corrected chi connectivity index (χ4v) is 4.09. The summed E-state index contributed by atoms with van der Waals surface area (Å²) in [5.41, 5.74) is 0.890. The van der Waals surface area contributed by atoms with Crippen LogP contribution in [0, 0.1) is 6.57 Å². The summed E-state index contributed by atoms with van der Waals surface area (Å²) in [6, 6.07) is 7.20. The first-order chi connectivity index (χ1) is 11.9. The number of aromatic nitrogens is 1. The van der Waals surface area contributed by atoms with Gasteiger partial charge in [-0.3, -0.25) is 4.72 Å². The van der Waals surface area contributed by atoms with Crippen LogP contribution in [0.25, 0.3) is 15.7 Å². The predicted octanol–water partition coefficient (Wildman–Crippen LogP) is 4.83. The third-order valence-electron chi connectivity index (χ3n) is 3.53. The van der Waals surface area contributed by atoms with E-state index in [1.807, 2.05) is 0 Å². The Kier molecular flexibility index (Phi) is 4.52. The molecule has 0 radical (unpaired) electrons. The van der Waals surface area contributed by atoms with Gasteiger partial charge in [-0.1, -0.05) is 35.3 Å². The molecule has 3 rings (SSSR count). The molecule has 3 aromatic rings. The van der Waals surface area contributed by atoms with E-state index in [2.05, 4.69) is 14.6 Å². The summed E-state index contributed by atoms with van der Waals surface area (Å²) in [4.78, 5) is 6.11. The Bertz CT molecular complexity index is 1120. The number of fused-ring (bicyclic) bond motifs is 1. The van der Waals surface area contributed by atoms with Crippen LogP contribution in [-0.4, -0.2) is 20.5 Å². The lowest BCUT2D eigenvalue weighted by atomic mass is 10.2. The molecular weight excluding hydrogens is 385 g/mol. The van der Waals surface area contributed by atoms with Gasteiger partial charge in [-0.25, -0.2) is 13.3 Å². The molecule has 2 aromatic carbocycles. The van der Waals surface area contributed by atoms with E-state index in [-0.39, 0.29) is 27.0 Å². The number of halogens is 2. The highest BCUT2D eigenvalue weighted by atomic mass is 35.5. The molecule has 0 aliphatic rings. The lowest BCUT2D eigenvalue weighted by Crippen LogP contribution is -2.13. The van der Waals surface area contributed by atoms with E-state index >= 15 is 0 Å². The molecule has 9 heteroatoms. The predicted molar refractivity (Wildman–Crippen MR) is 98.4 cm³/mol. The number of nitrogens with zero attached hydrogens (tertiary/aromatic N) is 1. The lowest BCUT2D eigenvalue weighted by molar-refractivity contribution is 0.416. The monoisotopic (exact) mass is 395 g/mol. The highest BCUT2D eigenvalue weighted by Gasteiger charge is 2.20. The molecule has 0 bridgehead atoms. The molecule has 0 saturated heterocycles. The van der Waals surface area contributed by atoms with Crippen LogP contribution in [0.15, 0.2) is 41.4 Å². The fourth-order valence-electron chi connectivity index (χ4n) is 2.37. The Morgan fingerprint density at radius 2 is 2.04 bits per heavy atom. The Balaban J connectivity index is 2.14. The maximum Gasteiger partial charge on any atom is 0.260 e. The zero-order valence-electron chi connectivity index (χ0n) is 12.8. The second-order valence-corrected chi connectivity index (χ2v) is 7.51. The van der Waals surface area contributed by atoms with E-state index in [9.17, 15) is 8.42 Å². The van der Waals surface area contributed by atoms with Gasteiger partial charge in [-0.2, -0.15) is 0 Å². The Hall–Kier alpha value is -2.40. The normalized spacial score (nSPS) is 11.3. The number of methoxy groups -OCH3 is 1. The van der Waals surface area contributed by atoms with Crippen molar-refractivity contribution in [2.75, 3.05) is 11.8 Å². The minimum atomic E-state index is -3.92. The van der Waals surface area contributed by atoms with Crippen LogP contribution < -0.4 is 9.46 Å². The molecule has 6 nitrogen and oxygen atoms in total. The average Bonchev–Trinajstić information content (AvgIpc) is 2.99. The molecule has 128 valence electrons. The molecule has 0 saturated carbocycles. The first-order valence-corrected chi connectivity index (χ1v) is 9.14. The van der Waals surface area contributed by atoms with E-state index in [1.54, 1.807) is 0 Å². The number of ether oxygens (including phenoxy) is 1. The van der Waals surface area contributed by atoms with Crippen molar-refractivity contribution < 1.29 is 13.2 Å². The number of rotatable bonds is 4. The zero-order valence-corrected chi connectivity index (χ0v) is 15.1. The molecule has 0 atom stereocenters. The summed E-state index contributed by atoms with van der Waals surface area (Å²) >= 11 is 12.4. The van der Waals surface area contributed by atoms with Crippen molar-refractivity contribution in [3.63, 3.8) is 0 Å². The molecule has 0 amide bonds. The SMILES string of the molecule is [C-]#[N+]c1cccc(S(=O)(=O)Nc2cc(OC)c(Cl)c3c(Cl)c[nH]c23)c1. The van der Waals surface area contributed by atoms with Crippen molar-refractivity contribution >= 4 is 55.5 Å². The van der Waals surface area contributed by atoms with Crippen molar-refractivity contribution in [2.24, 2.45) is 0 Å². The van der Waals surface area contributed by atoms with Crippen LogP contribution in [0.2, 0.25) is 10.0 Å². The van der Waals surface area contributed by atoms with E-state index < -0.39 is 10.0 Å². The number of sulfonamides is 1. The number of nitrogens with one attached hydrogen (secondary N) is 2. The van der Waals surface area contributed by atoms with E-state index in [0.29, 0.717) is 15.9 Å². The number of anilines is 1. The smallest absolute Gasteiger partial charge is 0.260 e. The first kappa shape index (κ1) is 17.4. The fraction of sp³-hybridized carbons (Fsp3) is 0.0625. The zero-order chi connectivity index (χ0) is 18.2. The Morgan fingerprint density at radius 3 is 2.72 bits per heavy atom. The summed E-state index contributed by atoms with van der Waals surface area (Å²) in [7, 11) is -2.50. The largest absolute Gasteiger partial charge is 0.495 e. The van der Waals surface area contributed by atoms with Gasteiger partial charge < -0.3 is 9.72 Å². The van der Waals surface area contributed by atoms with Crippen LogP contribution in [0.3, 0.4) is 0 Å². The van der Waals surface area contributed by atoms with Crippen LogP contribution in [0.4, 0.5) is 11.4 Å². The lowest BCUT2D eigenvalue weighted by Gasteiger charge is -2.13. The summed E-state index contributed by atoms with van der Waals surface area (Å²) < 4.78 is 33.0. The van der Waals surface area contributed by atoms with Crippen LogP contribution in [0.5, 0.6) is 5.75 Å². The quantitative estimate of drug-likeness (QED) is 0.620. The molecule has 25 heavy (non-hydrogen) atoms. The molecule has 1 aromatic heterocycles. The van der Waals surface area contributed by atoms with Crippen LogP contribution in [0.1, 0.15) is 0 Å². The van der Waals surface area contributed by atoms with E-state index in [1.165, 1.54) is 43.6 Å². The number of hydrogen-bond acceptors (Lipinski definition) is 3. The van der Waals surface area contributed by atoms with Gasteiger partial charge in [0.25, 0.3) is 10.0 Å². The number of hydrogen-bond donors (Lipinski definition) is 2. The first-order valence-electron chi connectivity index (χ1n) is 6.91. The Labute approximate surface area is 154 Å². The second-order valence-electron chi connectivity index (χ2n) is 5.04. The van der Waals surface area contributed by atoms with Crippen molar-refractivity contribution in [1.82, 2.24) is 4.98 Å². The number of aromatic amines is 1. The van der Waals surface area contributed by atoms with Gasteiger partial charge in [0.1, 0.15) is 5.75 Å². The van der Waals surface area contributed by atoms with Crippen LogP contribution in [-0.2, 0) is 10.0 Å². The molecule has 0 spiro atoms. The topological polar surface area (TPSA) is 75.6 Å². The summed E-state index contributed by atoms with van der Waals surface area (Å²) in [5.74, 6) is 0.281. The molecule has 0 aliphatic carbocycles. The minimum Gasteiger partial charge on any atom is -0.495 e. The molecule has 0 unspecified atom stereocenters. The summed E-state index contributed by atoms with van der Waals surface area (Å²) in [6.45, 7) is 7.01. The van der Waals surface area contributed by atoms with Gasteiger partial charge >= 0.3 is 0 Å². The molecule has 1 heterocycles. The average molecular weight is 396 g/mol. The van der Waals surface area contributed by atoms with Crippen molar-refractivity contribution in [3.8, 4) is 5.75 Å². The minimum absolute atomic E-state index is 0.0271. The molecular formula is C16H11Cl2N3O3S. The highest BCUT2D eigenvalue weighted by molar-refractivity contribution is 7.92. The number of benzene rings is 2. The third kappa shape index (κ3) is 3.12. The molecule has 2 N–H and O–H groups in total. The third-order valence-corrected chi connectivity index (χ3v) is 5.57. The van der Waals surface area contributed by atoms with Gasteiger partial charge in [0.05, 0.1) is 39.8 Å². The molecule has 0 aliphatic heterocycles. The number of H-pyrrole nitrogens is 1. The van der Waals surface area contributed by atoms with Crippen molar-refractivity contribution in [2.45, 2.75) is 4.90 Å². The maximum absolute atomic E-state index is 12.7. The van der Waals surface area contributed by atoms with E-state index in [4.69, 9.17) is 34.5 Å². The van der Waals surface area contributed by atoms with Gasteiger partial charge in [0.2, 0.25) is 0 Å². The summed E-state index contributed by atoms with van der Waals surface area (Å²) in [5, 5.41) is 1.08. The van der Waals surface area contributed by atoms with Crippen molar-refractivity contribution in [3.05, 3.63) is 58.0 Å². The van der Waals surface area contributed by atoms with Crippen molar-refractivity contribution in [1.29, 1.82) is 0 Å². The van der Waals surface area contributed by atoms with Gasteiger partial charge in [0.15, 0.2) is 5.69 Å². The van der Waals surface area contributed by atoms with Gasteiger partial charge in [-0.05, 0) is 12.1 Å². The van der Waals surface area contributed by atoms with Gasteiger partial charge in [0, 0.05) is 17.6 Å². The standard InChI is InChI=1S/C16H11Cl2N3O3S/c1-19-9-4-3-5-10(6-9)25(22,23)21-12-7-13(24-2)15(18)14-11(17)8-20-16(12)14/h3-8,20-21H,2H3. The van der Waals surface area contributed by atoms with E-state index in [0.717, 1.165) is 0 Å². The Morgan fingerprint density at radius 1 is 1.28 bits per heavy atom.